The molecule has 1 aromatic carbocycles. The normalized spacial score (nSPS) is 32.2. The Morgan fingerprint density at radius 3 is 2.73 bits per heavy atom. The third-order valence-electron chi connectivity index (χ3n) is 5.67. The highest BCUT2D eigenvalue weighted by Crippen LogP contribution is 2.35. The third kappa shape index (κ3) is 3.19. The van der Waals surface area contributed by atoms with Crippen LogP contribution in [-0.2, 0) is 10.2 Å². The van der Waals surface area contributed by atoms with Crippen molar-refractivity contribution in [1.29, 1.82) is 0 Å². The molecule has 0 radical (unpaired) electrons. The molecule has 1 amide bonds. The monoisotopic (exact) mass is 300 g/mol. The number of hydrogen-bond acceptors (Lipinski definition) is 2. The number of piperidine rings is 1. The maximum absolute atomic E-state index is 12.7. The number of rotatable bonds is 3. The fourth-order valence-electron chi connectivity index (χ4n) is 4.20. The van der Waals surface area contributed by atoms with Crippen molar-refractivity contribution in [2.45, 2.75) is 56.9 Å². The second kappa shape index (κ2) is 6.41. The zero-order valence-electron chi connectivity index (χ0n) is 13.6. The van der Waals surface area contributed by atoms with Crippen LogP contribution in [0.25, 0.3) is 0 Å². The molecule has 3 atom stereocenters. The minimum Gasteiger partial charge on any atom is -0.342 e. The van der Waals surface area contributed by atoms with E-state index in [4.69, 9.17) is 5.73 Å². The zero-order valence-corrected chi connectivity index (χ0v) is 13.6. The molecule has 1 aromatic rings. The summed E-state index contributed by atoms with van der Waals surface area (Å²) in [5.41, 5.74) is 7.57. The van der Waals surface area contributed by atoms with E-state index in [0.717, 1.165) is 38.8 Å². The number of nitrogens with two attached hydrogens (primary N) is 1. The van der Waals surface area contributed by atoms with Gasteiger partial charge in [-0.1, -0.05) is 43.7 Å². The second-order valence-electron chi connectivity index (χ2n) is 7.40. The molecule has 1 aliphatic heterocycles. The fourth-order valence-corrected chi connectivity index (χ4v) is 4.20. The van der Waals surface area contributed by atoms with E-state index in [0.29, 0.717) is 18.2 Å². The van der Waals surface area contributed by atoms with Crippen LogP contribution in [0.3, 0.4) is 0 Å². The SMILES string of the molecule is CC1(c2ccccc2)CCCN(C(=O)C[C@@H]2CCC[C@H]2N)C1. The molecule has 1 unspecified atom stereocenters. The van der Waals surface area contributed by atoms with Crippen LogP contribution in [0, 0.1) is 5.92 Å². The van der Waals surface area contributed by atoms with Gasteiger partial charge in [0.25, 0.3) is 0 Å². The summed E-state index contributed by atoms with van der Waals surface area (Å²) in [5, 5.41) is 0. The molecule has 3 rings (SSSR count). The zero-order chi connectivity index (χ0) is 15.6. The van der Waals surface area contributed by atoms with Crippen molar-refractivity contribution in [2.24, 2.45) is 11.7 Å². The summed E-state index contributed by atoms with van der Waals surface area (Å²) in [6, 6.07) is 10.9. The molecule has 2 aliphatic rings. The van der Waals surface area contributed by atoms with E-state index in [2.05, 4.69) is 42.2 Å². The molecule has 1 saturated heterocycles. The quantitative estimate of drug-likeness (QED) is 0.932. The van der Waals surface area contributed by atoms with Crippen LogP contribution in [0.4, 0.5) is 0 Å². The highest BCUT2D eigenvalue weighted by Gasteiger charge is 2.36. The summed E-state index contributed by atoms with van der Waals surface area (Å²) in [6.07, 6.45) is 6.28. The van der Waals surface area contributed by atoms with Gasteiger partial charge in [-0.15, -0.1) is 0 Å². The molecule has 1 saturated carbocycles. The molecule has 120 valence electrons. The van der Waals surface area contributed by atoms with Crippen molar-refractivity contribution in [1.82, 2.24) is 4.90 Å². The number of amides is 1. The smallest absolute Gasteiger partial charge is 0.222 e. The molecule has 22 heavy (non-hydrogen) atoms. The van der Waals surface area contributed by atoms with Gasteiger partial charge in [-0.3, -0.25) is 4.79 Å². The molecular weight excluding hydrogens is 272 g/mol. The van der Waals surface area contributed by atoms with Crippen LogP contribution >= 0.6 is 0 Å². The van der Waals surface area contributed by atoms with Gasteiger partial charge in [0.2, 0.25) is 5.91 Å². The summed E-state index contributed by atoms with van der Waals surface area (Å²) in [7, 11) is 0. The minimum absolute atomic E-state index is 0.0902. The van der Waals surface area contributed by atoms with Crippen LogP contribution in [0.1, 0.15) is 51.0 Å². The van der Waals surface area contributed by atoms with Gasteiger partial charge in [-0.05, 0) is 37.2 Å². The highest BCUT2D eigenvalue weighted by atomic mass is 16.2. The van der Waals surface area contributed by atoms with E-state index in [1.165, 1.54) is 12.0 Å². The van der Waals surface area contributed by atoms with Gasteiger partial charge in [-0.25, -0.2) is 0 Å². The standard InChI is InChI=1S/C19H28N2O/c1-19(16-8-3-2-4-9-16)11-6-12-21(14-19)18(22)13-15-7-5-10-17(15)20/h2-4,8-9,15,17H,5-7,10-14,20H2,1H3/t15-,17+,19?/m0/s1. The first-order chi connectivity index (χ1) is 10.6. The largest absolute Gasteiger partial charge is 0.342 e. The Hall–Kier alpha value is -1.35. The number of hydrogen-bond donors (Lipinski definition) is 1. The fraction of sp³-hybridized carbons (Fsp3) is 0.632. The number of likely N-dealkylation sites (tertiary alicyclic amines) is 1. The van der Waals surface area contributed by atoms with E-state index in [1.807, 2.05) is 0 Å². The molecular formula is C19H28N2O. The highest BCUT2D eigenvalue weighted by molar-refractivity contribution is 5.77. The van der Waals surface area contributed by atoms with Gasteiger partial charge in [0.05, 0.1) is 0 Å². The molecule has 3 nitrogen and oxygen atoms in total. The molecule has 1 heterocycles. The second-order valence-corrected chi connectivity index (χ2v) is 7.40. The summed E-state index contributed by atoms with van der Waals surface area (Å²) in [4.78, 5) is 14.8. The molecule has 1 aliphatic carbocycles. The van der Waals surface area contributed by atoms with E-state index in [1.54, 1.807) is 0 Å². The lowest BCUT2D eigenvalue weighted by Crippen LogP contribution is -2.47. The van der Waals surface area contributed by atoms with Crippen LogP contribution in [0.5, 0.6) is 0 Å². The number of carbonyl (C=O) groups excluding carboxylic acids is 1. The molecule has 2 fully saturated rings. The van der Waals surface area contributed by atoms with E-state index >= 15 is 0 Å². The van der Waals surface area contributed by atoms with Gasteiger partial charge in [0.15, 0.2) is 0 Å². The Morgan fingerprint density at radius 2 is 2.05 bits per heavy atom. The predicted molar refractivity (Wildman–Crippen MR) is 89.5 cm³/mol. The minimum atomic E-state index is 0.0902. The third-order valence-corrected chi connectivity index (χ3v) is 5.67. The number of carbonyl (C=O) groups is 1. The molecule has 0 aromatic heterocycles. The Morgan fingerprint density at radius 1 is 1.27 bits per heavy atom. The summed E-state index contributed by atoms with van der Waals surface area (Å²) in [5.74, 6) is 0.710. The average Bonchev–Trinajstić information content (AvgIpc) is 2.93. The average molecular weight is 300 g/mol. The predicted octanol–water partition coefficient (Wildman–Crippen LogP) is 3.08. The first kappa shape index (κ1) is 15.5. The van der Waals surface area contributed by atoms with E-state index in [-0.39, 0.29) is 11.5 Å². The van der Waals surface area contributed by atoms with Crippen molar-refractivity contribution in [3.8, 4) is 0 Å². The van der Waals surface area contributed by atoms with Crippen molar-refractivity contribution < 1.29 is 4.79 Å². The first-order valence-electron chi connectivity index (χ1n) is 8.67. The van der Waals surface area contributed by atoms with Gasteiger partial charge in [-0.2, -0.15) is 0 Å². The molecule has 2 N–H and O–H groups in total. The maximum Gasteiger partial charge on any atom is 0.222 e. The van der Waals surface area contributed by atoms with E-state index in [9.17, 15) is 4.79 Å². The number of benzene rings is 1. The van der Waals surface area contributed by atoms with Crippen LogP contribution in [0.2, 0.25) is 0 Å². The summed E-state index contributed by atoms with van der Waals surface area (Å²) < 4.78 is 0. The van der Waals surface area contributed by atoms with Crippen molar-refractivity contribution >= 4 is 5.91 Å². The summed E-state index contributed by atoms with van der Waals surface area (Å²) >= 11 is 0. The Balaban J connectivity index is 1.66. The molecule has 0 bridgehead atoms. The van der Waals surface area contributed by atoms with Gasteiger partial charge < -0.3 is 10.6 Å². The lowest BCUT2D eigenvalue weighted by atomic mass is 9.76. The Kier molecular flexibility index (Phi) is 4.53. The molecule has 3 heteroatoms. The number of nitrogens with zero attached hydrogens (tertiary/aromatic N) is 1. The van der Waals surface area contributed by atoms with Gasteiger partial charge >= 0.3 is 0 Å². The van der Waals surface area contributed by atoms with Crippen LogP contribution in [0.15, 0.2) is 30.3 Å². The summed E-state index contributed by atoms with van der Waals surface area (Å²) in [6.45, 7) is 4.05. The van der Waals surface area contributed by atoms with E-state index < -0.39 is 0 Å². The maximum atomic E-state index is 12.7. The van der Waals surface area contributed by atoms with Crippen molar-refractivity contribution in [3.63, 3.8) is 0 Å². The van der Waals surface area contributed by atoms with Crippen molar-refractivity contribution in [2.75, 3.05) is 13.1 Å². The van der Waals surface area contributed by atoms with Crippen molar-refractivity contribution in [3.05, 3.63) is 35.9 Å². The topological polar surface area (TPSA) is 46.3 Å². The Bertz CT molecular complexity index is 515. The lowest BCUT2D eigenvalue weighted by Gasteiger charge is -2.41. The van der Waals surface area contributed by atoms with Gasteiger partial charge in [0, 0.05) is 31.0 Å². The van der Waals surface area contributed by atoms with Crippen LogP contribution in [-0.4, -0.2) is 29.9 Å². The van der Waals surface area contributed by atoms with Crippen LogP contribution < -0.4 is 5.73 Å². The molecule has 0 spiro atoms. The lowest BCUT2D eigenvalue weighted by molar-refractivity contribution is -0.134. The Labute approximate surface area is 133 Å². The first-order valence-corrected chi connectivity index (χ1v) is 8.67. The van der Waals surface area contributed by atoms with Gasteiger partial charge in [0.1, 0.15) is 0 Å².